The molecule has 0 radical (unpaired) electrons. The summed E-state index contributed by atoms with van der Waals surface area (Å²) in [6.45, 7) is 6.24. The van der Waals surface area contributed by atoms with Gasteiger partial charge in [0.25, 0.3) is 0 Å². The summed E-state index contributed by atoms with van der Waals surface area (Å²) in [6.07, 6.45) is 1.53. The van der Waals surface area contributed by atoms with Crippen molar-refractivity contribution in [1.29, 1.82) is 0 Å². The van der Waals surface area contributed by atoms with Gasteiger partial charge in [0.05, 0.1) is 18.4 Å². The van der Waals surface area contributed by atoms with Crippen molar-refractivity contribution in [3.8, 4) is 0 Å². The first-order valence-corrected chi connectivity index (χ1v) is 8.63. The van der Waals surface area contributed by atoms with Crippen molar-refractivity contribution in [3.63, 3.8) is 0 Å². The molecule has 0 atom stereocenters. The van der Waals surface area contributed by atoms with Gasteiger partial charge in [-0.2, -0.15) is 10.1 Å². The summed E-state index contributed by atoms with van der Waals surface area (Å²) in [5.74, 6) is 0.597. The summed E-state index contributed by atoms with van der Waals surface area (Å²) in [6, 6.07) is 13.0. The third-order valence-corrected chi connectivity index (χ3v) is 3.99. The first-order chi connectivity index (χ1) is 13.0. The van der Waals surface area contributed by atoms with Gasteiger partial charge in [0.1, 0.15) is 0 Å². The highest BCUT2D eigenvalue weighted by atomic mass is 16.5. The molecule has 7 heteroatoms. The van der Waals surface area contributed by atoms with Crippen LogP contribution in [0.1, 0.15) is 28.4 Å². The molecule has 1 aromatic heterocycles. The quantitative estimate of drug-likeness (QED) is 0.636. The molecule has 0 fully saturated rings. The fraction of sp³-hybridized carbons (Fsp3) is 0.200. The monoisotopic (exact) mass is 363 g/mol. The van der Waals surface area contributed by atoms with Crippen molar-refractivity contribution in [3.05, 3.63) is 65.4 Å². The van der Waals surface area contributed by atoms with Gasteiger partial charge in [-0.15, -0.1) is 5.10 Å². The predicted octanol–water partition coefficient (Wildman–Crippen LogP) is 4.15. The third kappa shape index (κ3) is 4.78. The Labute approximate surface area is 157 Å². The number of rotatable bonds is 6. The van der Waals surface area contributed by atoms with E-state index in [4.69, 9.17) is 4.74 Å². The van der Waals surface area contributed by atoms with Crippen LogP contribution in [0.3, 0.4) is 0 Å². The maximum Gasteiger partial charge on any atom is 0.338 e. The fourth-order valence-corrected chi connectivity index (χ4v) is 2.42. The zero-order valence-electron chi connectivity index (χ0n) is 15.5. The molecule has 0 aliphatic heterocycles. The highest BCUT2D eigenvalue weighted by Crippen LogP contribution is 2.19. The van der Waals surface area contributed by atoms with Crippen LogP contribution >= 0.6 is 0 Å². The number of aromatic nitrogens is 3. The van der Waals surface area contributed by atoms with E-state index in [9.17, 15) is 4.79 Å². The van der Waals surface area contributed by atoms with Crippen molar-refractivity contribution in [1.82, 2.24) is 15.2 Å². The SMILES string of the molecule is CCOC(=O)c1ccc(Nc2cnnc(Nc3ccc(C)c(C)c3)n2)cc1. The molecule has 7 nitrogen and oxygen atoms in total. The summed E-state index contributed by atoms with van der Waals surface area (Å²) in [5, 5.41) is 14.3. The molecule has 0 spiro atoms. The number of benzene rings is 2. The molecule has 0 saturated carbocycles. The molecule has 0 saturated heterocycles. The van der Waals surface area contributed by atoms with Crippen LogP contribution in [-0.2, 0) is 4.74 Å². The number of carbonyl (C=O) groups excluding carboxylic acids is 1. The smallest absolute Gasteiger partial charge is 0.338 e. The molecule has 2 N–H and O–H groups in total. The van der Waals surface area contributed by atoms with E-state index in [2.05, 4.69) is 39.7 Å². The largest absolute Gasteiger partial charge is 0.462 e. The van der Waals surface area contributed by atoms with Crippen molar-refractivity contribution >= 4 is 29.1 Å². The predicted molar refractivity (Wildman–Crippen MR) is 105 cm³/mol. The summed E-state index contributed by atoms with van der Waals surface area (Å²) in [5.41, 5.74) is 4.59. The Morgan fingerprint density at radius 2 is 1.74 bits per heavy atom. The van der Waals surface area contributed by atoms with E-state index in [1.807, 2.05) is 18.2 Å². The standard InChI is InChI=1S/C20H21N5O2/c1-4-27-19(26)15-6-9-16(10-7-15)22-18-12-21-25-20(24-18)23-17-8-5-13(2)14(3)11-17/h5-12H,4H2,1-3H3,(H2,22,23,24,25). The molecule has 138 valence electrons. The van der Waals surface area contributed by atoms with Crippen LogP contribution in [-0.4, -0.2) is 27.8 Å². The van der Waals surface area contributed by atoms with Crippen molar-refractivity contribution in [2.24, 2.45) is 0 Å². The van der Waals surface area contributed by atoms with E-state index < -0.39 is 0 Å². The molecule has 0 aliphatic rings. The zero-order chi connectivity index (χ0) is 19.2. The lowest BCUT2D eigenvalue weighted by molar-refractivity contribution is 0.0526. The van der Waals surface area contributed by atoms with Gasteiger partial charge in [-0.25, -0.2) is 4.79 Å². The molecule has 1 heterocycles. The Morgan fingerprint density at radius 1 is 1.00 bits per heavy atom. The van der Waals surface area contributed by atoms with Gasteiger partial charge < -0.3 is 15.4 Å². The van der Waals surface area contributed by atoms with Gasteiger partial charge >= 0.3 is 5.97 Å². The minimum absolute atomic E-state index is 0.340. The van der Waals surface area contributed by atoms with Gasteiger partial charge in [0.15, 0.2) is 5.82 Å². The Kier molecular flexibility index (Phi) is 5.61. The van der Waals surface area contributed by atoms with Gasteiger partial charge in [0.2, 0.25) is 5.95 Å². The van der Waals surface area contributed by atoms with Crippen LogP contribution < -0.4 is 10.6 Å². The second-order valence-electron chi connectivity index (χ2n) is 6.01. The maximum absolute atomic E-state index is 11.7. The molecule has 0 unspecified atom stereocenters. The van der Waals surface area contributed by atoms with E-state index in [-0.39, 0.29) is 5.97 Å². The van der Waals surface area contributed by atoms with Gasteiger partial charge in [-0.05, 0) is 68.3 Å². The van der Waals surface area contributed by atoms with Crippen LogP contribution in [0, 0.1) is 13.8 Å². The molecular weight excluding hydrogens is 342 g/mol. The van der Waals surface area contributed by atoms with Crippen LogP contribution in [0.2, 0.25) is 0 Å². The minimum atomic E-state index is -0.340. The molecule has 0 aliphatic carbocycles. The average Bonchev–Trinajstić information content (AvgIpc) is 2.66. The second kappa shape index (κ2) is 8.27. The summed E-state index contributed by atoms with van der Waals surface area (Å²) < 4.78 is 4.98. The molecule has 3 aromatic rings. The number of nitrogens with one attached hydrogen (secondary N) is 2. The lowest BCUT2D eigenvalue weighted by Crippen LogP contribution is -2.05. The van der Waals surface area contributed by atoms with E-state index in [0.29, 0.717) is 23.9 Å². The number of aryl methyl sites for hydroxylation is 2. The van der Waals surface area contributed by atoms with Gasteiger partial charge in [0, 0.05) is 11.4 Å². The lowest BCUT2D eigenvalue weighted by atomic mass is 10.1. The zero-order valence-corrected chi connectivity index (χ0v) is 15.5. The number of hydrogen-bond donors (Lipinski definition) is 2. The molecule has 0 amide bonds. The molecule has 27 heavy (non-hydrogen) atoms. The summed E-state index contributed by atoms with van der Waals surface area (Å²) in [4.78, 5) is 16.1. The topological polar surface area (TPSA) is 89.0 Å². The lowest BCUT2D eigenvalue weighted by Gasteiger charge is -2.09. The molecule has 3 rings (SSSR count). The Balaban J connectivity index is 1.70. The number of esters is 1. The van der Waals surface area contributed by atoms with Gasteiger partial charge in [-0.1, -0.05) is 6.07 Å². The number of nitrogens with zero attached hydrogens (tertiary/aromatic N) is 3. The Bertz CT molecular complexity index is 941. The van der Waals surface area contributed by atoms with Crippen molar-refractivity contribution in [2.45, 2.75) is 20.8 Å². The Hall–Kier alpha value is -3.48. The van der Waals surface area contributed by atoms with Crippen LogP contribution in [0.25, 0.3) is 0 Å². The number of anilines is 4. The number of hydrogen-bond acceptors (Lipinski definition) is 7. The van der Waals surface area contributed by atoms with Crippen LogP contribution in [0.5, 0.6) is 0 Å². The minimum Gasteiger partial charge on any atom is -0.462 e. The van der Waals surface area contributed by atoms with Crippen LogP contribution in [0.4, 0.5) is 23.1 Å². The number of carbonyl (C=O) groups is 1. The van der Waals surface area contributed by atoms with Crippen molar-refractivity contribution < 1.29 is 9.53 Å². The van der Waals surface area contributed by atoms with Crippen LogP contribution in [0.15, 0.2) is 48.7 Å². The van der Waals surface area contributed by atoms with E-state index in [0.717, 1.165) is 11.4 Å². The third-order valence-electron chi connectivity index (χ3n) is 3.99. The highest BCUT2D eigenvalue weighted by molar-refractivity contribution is 5.89. The van der Waals surface area contributed by atoms with Gasteiger partial charge in [-0.3, -0.25) is 0 Å². The normalized spacial score (nSPS) is 10.3. The van der Waals surface area contributed by atoms with E-state index in [1.54, 1.807) is 31.2 Å². The first kappa shape index (κ1) is 18.3. The maximum atomic E-state index is 11.7. The second-order valence-corrected chi connectivity index (χ2v) is 6.01. The average molecular weight is 363 g/mol. The van der Waals surface area contributed by atoms with E-state index in [1.165, 1.54) is 17.3 Å². The fourth-order valence-electron chi connectivity index (χ4n) is 2.42. The molecule has 2 aromatic carbocycles. The highest BCUT2D eigenvalue weighted by Gasteiger charge is 2.07. The summed E-state index contributed by atoms with van der Waals surface area (Å²) >= 11 is 0. The van der Waals surface area contributed by atoms with Crippen molar-refractivity contribution in [2.75, 3.05) is 17.2 Å². The number of ether oxygens (including phenoxy) is 1. The first-order valence-electron chi connectivity index (χ1n) is 8.63. The van der Waals surface area contributed by atoms with E-state index >= 15 is 0 Å². The summed E-state index contributed by atoms with van der Waals surface area (Å²) in [7, 11) is 0. The Morgan fingerprint density at radius 3 is 2.44 bits per heavy atom. The molecular formula is C20H21N5O2. The molecule has 0 bridgehead atoms.